The van der Waals surface area contributed by atoms with Gasteiger partial charge in [0, 0.05) is 54.8 Å². The van der Waals surface area contributed by atoms with Crippen molar-refractivity contribution >= 4 is 22.3 Å². The summed E-state index contributed by atoms with van der Waals surface area (Å²) < 4.78 is 18.5. The van der Waals surface area contributed by atoms with Gasteiger partial charge in [-0.15, -0.1) is 0 Å². The van der Waals surface area contributed by atoms with Crippen molar-refractivity contribution in [2.24, 2.45) is 5.92 Å². The highest BCUT2D eigenvalue weighted by molar-refractivity contribution is 5.97. The Kier molecular flexibility index (Phi) is 9.33. The van der Waals surface area contributed by atoms with Crippen LogP contribution in [0.15, 0.2) is 36.4 Å². The van der Waals surface area contributed by atoms with Crippen LogP contribution in [0, 0.1) is 12.5 Å². The molecule has 0 saturated carbocycles. The molecule has 0 aliphatic carbocycles. The highest BCUT2D eigenvalue weighted by Gasteiger charge is 2.31. The first-order chi connectivity index (χ1) is 22.2. The third kappa shape index (κ3) is 6.74. The summed E-state index contributed by atoms with van der Waals surface area (Å²) in [5.41, 5.74) is 4.69. The number of likely N-dealkylation sites (tertiary alicyclic amines) is 1. The fourth-order valence-electron chi connectivity index (χ4n) is 7.62. The molecular formula is C36H46N6O3. The van der Waals surface area contributed by atoms with Crippen molar-refractivity contribution in [1.29, 1.82) is 0 Å². The Labute approximate surface area is 267 Å². The standard InChI is InChI=1S/C36H46N6O3/c1-37-21-26-9-7-18-42(22-26)35-30-16-19-41(23-31(30)38-36(39-35)45-25-29-13-8-17-40(29)2)32-14-6-11-27-10-5-12-28(34(27)32)24-44-33-15-3-4-20-43-33/h5-6,10-12,14,26,29,33H,3-4,7-9,13,15-25H2,2H3/t26-,29-,33?/m0/s1. The van der Waals surface area contributed by atoms with E-state index in [9.17, 15) is 0 Å². The molecule has 3 atom stereocenters. The van der Waals surface area contributed by atoms with Crippen molar-refractivity contribution in [2.45, 2.75) is 76.9 Å². The van der Waals surface area contributed by atoms with Crippen molar-refractivity contribution in [2.75, 3.05) is 62.8 Å². The van der Waals surface area contributed by atoms with Crippen LogP contribution in [0.2, 0.25) is 0 Å². The van der Waals surface area contributed by atoms with E-state index < -0.39 is 0 Å². The van der Waals surface area contributed by atoms with E-state index in [0.29, 0.717) is 44.3 Å². The van der Waals surface area contributed by atoms with Gasteiger partial charge in [-0.25, -0.2) is 6.57 Å². The van der Waals surface area contributed by atoms with Gasteiger partial charge in [0.15, 0.2) is 6.29 Å². The van der Waals surface area contributed by atoms with E-state index in [2.05, 4.69) is 63.0 Å². The van der Waals surface area contributed by atoms with Gasteiger partial charge >= 0.3 is 6.01 Å². The molecule has 0 N–H and O–H groups in total. The minimum absolute atomic E-state index is 0.121. The van der Waals surface area contributed by atoms with Crippen molar-refractivity contribution < 1.29 is 14.2 Å². The summed E-state index contributed by atoms with van der Waals surface area (Å²) in [5.74, 6) is 1.40. The van der Waals surface area contributed by atoms with Crippen LogP contribution in [0.3, 0.4) is 0 Å². The normalized spacial score (nSPS) is 24.0. The van der Waals surface area contributed by atoms with Gasteiger partial charge in [-0.05, 0) is 82.0 Å². The lowest BCUT2D eigenvalue weighted by Gasteiger charge is -2.36. The third-order valence-electron chi connectivity index (χ3n) is 10.1. The number of benzene rings is 2. The Hall–Kier alpha value is -3.45. The lowest BCUT2D eigenvalue weighted by molar-refractivity contribution is -0.168. The molecule has 9 nitrogen and oxygen atoms in total. The van der Waals surface area contributed by atoms with Gasteiger partial charge in [-0.2, -0.15) is 9.97 Å². The molecule has 9 heteroatoms. The lowest BCUT2D eigenvalue weighted by Crippen LogP contribution is -2.39. The van der Waals surface area contributed by atoms with Crippen LogP contribution in [0.4, 0.5) is 11.5 Å². The largest absolute Gasteiger partial charge is 0.462 e. The molecule has 3 fully saturated rings. The first-order valence-electron chi connectivity index (χ1n) is 17.0. The summed E-state index contributed by atoms with van der Waals surface area (Å²) in [6.07, 6.45) is 8.52. The molecule has 3 aromatic rings. The second-order valence-corrected chi connectivity index (χ2v) is 13.2. The molecule has 5 heterocycles. The average Bonchev–Trinajstić information content (AvgIpc) is 3.50. The maximum Gasteiger partial charge on any atom is 0.318 e. The maximum absolute atomic E-state index is 7.44. The Morgan fingerprint density at radius 2 is 1.87 bits per heavy atom. The van der Waals surface area contributed by atoms with Gasteiger partial charge in [0.05, 0.1) is 18.8 Å². The highest BCUT2D eigenvalue weighted by atomic mass is 16.7. The lowest BCUT2D eigenvalue weighted by atomic mass is 9.96. The number of likely N-dealkylation sites (N-methyl/N-ethyl adjacent to an activating group) is 1. The number of hydrogen-bond donors (Lipinski definition) is 0. The van der Waals surface area contributed by atoms with E-state index in [1.807, 2.05) is 0 Å². The Bertz CT molecular complexity index is 1510. The second kappa shape index (κ2) is 13.9. The van der Waals surface area contributed by atoms with Crippen LogP contribution < -0.4 is 14.5 Å². The summed E-state index contributed by atoms with van der Waals surface area (Å²) in [6.45, 7) is 14.5. The fourth-order valence-corrected chi connectivity index (χ4v) is 7.62. The van der Waals surface area contributed by atoms with E-state index in [1.54, 1.807) is 0 Å². The van der Waals surface area contributed by atoms with E-state index in [1.165, 1.54) is 34.0 Å². The van der Waals surface area contributed by atoms with Gasteiger partial charge in [-0.3, -0.25) is 0 Å². The summed E-state index contributed by atoms with van der Waals surface area (Å²) in [7, 11) is 2.18. The highest BCUT2D eigenvalue weighted by Crippen LogP contribution is 2.37. The van der Waals surface area contributed by atoms with Gasteiger partial charge in [0.2, 0.25) is 6.54 Å². The minimum Gasteiger partial charge on any atom is -0.462 e. The monoisotopic (exact) mass is 610 g/mol. The number of rotatable bonds is 9. The van der Waals surface area contributed by atoms with Crippen LogP contribution in [0.5, 0.6) is 6.01 Å². The first kappa shape index (κ1) is 30.2. The zero-order valence-electron chi connectivity index (χ0n) is 26.6. The van der Waals surface area contributed by atoms with E-state index in [-0.39, 0.29) is 6.29 Å². The zero-order valence-corrected chi connectivity index (χ0v) is 26.6. The fraction of sp³-hybridized carbons (Fsp3) is 0.583. The molecular weight excluding hydrogens is 564 g/mol. The zero-order chi connectivity index (χ0) is 30.6. The van der Waals surface area contributed by atoms with Crippen molar-refractivity contribution in [1.82, 2.24) is 14.9 Å². The smallest absolute Gasteiger partial charge is 0.318 e. The Morgan fingerprint density at radius 1 is 0.978 bits per heavy atom. The number of nitrogens with zero attached hydrogens (tertiary/aromatic N) is 6. The van der Waals surface area contributed by atoms with Gasteiger partial charge < -0.3 is 33.8 Å². The number of fused-ring (bicyclic) bond motifs is 2. The van der Waals surface area contributed by atoms with Crippen LogP contribution in [-0.4, -0.2) is 80.2 Å². The van der Waals surface area contributed by atoms with Gasteiger partial charge in [-0.1, -0.05) is 30.3 Å². The quantitative estimate of drug-likeness (QED) is 0.280. The van der Waals surface area contributed by atoms with Gasteiger partial charge in [0.1, 0.15) is 12.4 Å². The Balaban J connectivity index is 1.18. The molecule has 2 aromatic carbocycles. The summed E-state index contributed by atoms with van der Waals surface area (Å²) >= 11 is 0. The summed E-state index contributed by atoms with van der Waals surface area (Å²) in [5, 5.41) is 2.46. The minimum atomic E-state index is -0.121. The van der Waals surface area contributed by atoms with E-state index in [4.69, 9.17) is 30.8 Å². The number of anilines is 2. The predicted molar refractivity (Wildman–Crippen MR) is 177 cm³/mol. The van der Waals surface area contributed by atoms with E-state index >= 15 is 0 Å². The molecule has 1 unspecified atom stereocenters. The molecule has 7 rings (SSSR count). The molecule has 45 heavy (non-hydrogen) atoms. The van der Waals surface area contributed by atoms with Crippen LogP contribution in [0.25, 0.3) is 15.6 Å². The molecule has 3 saturated heterocycles. The van der Waals surface area contributed by atoms with Crippen molar-refractivity contribution in [3.05, 3.63) is 64.6 Å². The molecule has 4 aliphatic heterocycles. The number of piperidine rings is 1. The molecule has 0 amide bonds. The average molecular weight is 611 g/mol. The molecule has 238 valence electrons. The second-order valence-electron chi connectivity index (χ2n) is 13.2. The molecule has 1 aromatic heterocycles. The molecule has 4 aliphatic rings. The molecule has 0 radical (unpaired) electrons. The Morgan fingerprint density at radius 3 is 2.69 bits per heavy atom. The number of aromatic nitrogens is 2. The van der Waals surface area contributed by atoms with Crippen LogP contribution >= 0.6 is 0 Å². The van der Waals surface area contributed by atoms with E-state index in [0.717, 1.165) is 89.2 Å². The van der Waals surface area contributed by atoms with Crippen molar-refractivity contribution in [3.8, 4) is 6.01 Å². The molecule has 0 spiro atoms. The van der Waals surface area contributed by atoms with Crippen LogP contribution in [0.1, 0.15) is 61.8 Å². The van der Waals surface area contributed by atoms with Gasteiger partial charge in [0.25, 0.3) is 0 Å². The van der Waals surface area contributed by atoms with Crippen LogP contribution in [-0.2, 0) is 29.0 Å². The SMILES string of the molecule is [C-]#[N+]C[C@@H]1CCCN(c2nc(OC[C@@H]3CCCN3C)nc3c2CCN(c2cccc4cccc(COC5CCCCO5)c24)C3)C1. The number of ether oxygens (including phenoxy) is 3. The number of hydrogen-bond acceptors (Lipinski definition) is 8. The topological polar surface area (TPSA) is 67.6 Å². The van der Waals surface area contributed by atoms with Crippen molar-refractivity contribution in [3.63, 3.8) is 0 Å². The predicted octanol–water partition coefficient (Wildman–Crippen LogP) is 5.84. The summed E-state index contributed by atoms with van der Waals surface area (Å²) in [6, 6.07) is 14.0. The molecule has 0 bridgehead atoms. The maximum atomic E-state index is 7.44. The third-order valence-corrected chi connectivity index (χ3v) is 10.1. The summed E-state index contributed by atoms with van der Waals surface area (Å²) in [4.78, 5) is 21.1. The first-order valence-corrected chi connectivity index (χ1v) is 17.0.